The third kappa shape index (κ3) is 25.2. The van der Waals surface area contributed by atoms with Gasteiger partial charge in [-0.2, -0.15) is 0 Å². The lowest BCUT2D eigenvalue weighted by atomic mass is 9.84. The summed E-state index contributed by atoms with van der Waals surface area (Å²) in [5.41, 5.74) is 17.1. The average molecular weight is 1100 g/mol. The maximum atomic E-state index is 2.25. The second-order valence-corrected chi connectivity index (χ2v) is 14.0. The van der Waals surface area contributed by atoms with Crippen LogP contribution in [0.1, 0.15) is 241 Å². The highest BCUT2D eigenvalue weighted by Crippen LogP contribution is 2.41. The first-order chi connectivity index (χ1) is 40.3. The Morgan fingerprint density at radius 3 is 0.494 bits per heavy atom. The zero-order valence-corrected chi connectivity index (χ0v) is 58.4. The molecule has 0 aliphatic heterocycles. The Labute approximate surface area is 505 Å². The van der Waals surface area contributed by atoms with Crippen LogP contribution in [0.25, 0.3) is 65.7 Å². The standard InChI is InChI=1S/3C17H12.15C2H6/c3*1-2-9-15-13(5-1)11-14-8-3-6-12-7-4-10-16(15)17(12)14;15*1-2/h3*1-10H,11H2;15*1-2H3. The molecule has 0 radical (unpaired) electrons. The third-order valence-corrected chi connectivity index (χ3v) is 11.0. The SMILES string of the molecule is CC.CC.CC.CC.CC.CC.CC.CC.CC.CC.CC.CC.CC.CC.CC.c1ccc2c(c1)Cc1cccc3cccc-2c13.c1ccc2c(c1)Cc1cccc3cccc-2c13.c1ccc2c(c1)Cc1cccc3cccc-2c13. The van der Waals surface area contributed by atoms with E-state index in [0.29, 0.717) is 0 Å². The summed E-state index contributed by atoms with van der Waals surface area (Å²) in [6.07, 6.45) is 3.18. The van der Waals surface area contributed by atoms with E-state index in [4.69, 9.17) is 0 Å². The summed E-state index contributed by atoms with van der Waals surface area (Å²) in [6.45, 7) is 60.0. The molecule has 450 valence electrons. The minimum absolute atomic E-state index is 1.06. The summed E-state index contributed by atoms with van der Waals surface area (Å²) in [5, 5.41) is 8.38. The van der Waals surface area contributed by atoms with Crippen LogP contribution in [0, 0.1) is 0 Å². The van der Waals surface area contributed by atoms with Crippen molar-refractivity contribution in [1.29, 1.82) is 0 Å². The molecular weight excluding hydrogens is 973 g/mol. The predicted octanol–water partition coefficient (Wildman–Crippen LogP) is 28.6. The third-order valence-electron chi connectivity index (χ3n) is 11.0. The maximum Gasteiger partial charge on any atom is -0.00132 e. The molecule has 9 aromatic rings. The van der Waals surface area contributed by atoms with E-state index in [1.165, 1.54) is 99.1 Å². The van der Waals surface area contributed by atoms with E-state index in [9.17, 15) is 0 Å². The molecule has 3 aliphatic rings. The first-order valence-electron chi connectivity index (χ1n) is 33.1. The van der Waals surface area contributed by atoms with Gasteiger partial charge >= 0.3 is 0 Å². The molecule has 0 unspecified atom stereocenters. The molecule has 9 aromatic carbocycles. The zero-order valence-electron chi connectivity index (χ0n) is 58.4. The van der Waals surface area contributed by atoms with Crippen molar-refractivity contribution in [3.05, 3.63) is 215 Å². The molecule has 0 saturated carbocycles. The normalized spacial score (nSPS) is 8.96. The van der Waals surface area contributed by atoms with Gasteiger partial charge in [-0.1, -0.05) is 390 Å². The van der Waals surface area contributed by atoms with Crippen LogP contribution < -0.4 is 0 Å². The van der Waals surface area contributed by atoms with Crippen molar-refractivity contribution in [2.24, 2.45) is 0 Å². The number of hydrogen-bond acceptors (Lipinski definition) is 0. The van der Waals surface area contributed by atoms with E-state index in [-0.39, 0.29) is 0 Å². The molecule has 0 heteroatoms. The van der Waals surface area contributed by atoms with Crippen LogP contribution in [0.5, 0.6) is 0 Å². The van der Waals surface area contributed by atoms with E-state index >= 15 is 0 Å². The first-order valence-corrected chi connectivity index (χ1v) is 33.1. The Balaban J connectivity index is -0.000000211. The van der Waals surface area contributed by atoms with Crippen molar-refractivity contribution < 1.29 is 0 Å². The summed E-state index contributed by atoms with van der Waals surface area (Å²) in [6, 6.07) is 65.9. The van der Waals surface area contributed by atoms with Gasteiger partial charge in [0.05, 0.1) is 0 Å². The molecule has 0 amide bonds. The lowest BCUT2D eigenvalue weighted by Gasteiger charge is -2.20. The smallest absolute Gasteiger partial charge is 0.00132 e. The molecular formula is C81H126. The van der Waals surface area contributed by atoms with Crippen LogP contribution in [0.3, 0.4) is 0 Å². The van der Waals surface area contributed by atoms with Gasteiger partial charge in [-0.25, -0.2) is 0 Å². The van der Waals surface area contributed by atoms with Crippen molar-refractivity contribution in [2.75, 3.05) is 0 Å². The van der Waals surface area contributed by atoms with Crippen LogP contribution in [0.4, 0.5) is 0 Å². The molecule has 0 atom stereocenters. The molecule has 0 spiro atoms. The number of fused-ring (bicyclic) bond motifs is 6. The number of hydrogen-bond donors (Lipinski definition) is 0. The molecule has 0 fully saturated rings. The Hall–Kier alpha value is -6.24. The molecule has 0 bridgehead atoms. The van der Waals surface area contributed by atoms with Crippen molar-refractivity contribution in [3.63, 3.8) is 0 Å². The quantitative estimate of drug-likeness (QED) is 0.142. The second-order valence-electron chi connectivity index (χ2n) is 14.0. The van der Waals surface area contributed by atoms with Crippen molar-refractivity contribution in [1.82, 2.24) is 0 Å². The highest BCUT2D eigenvalue weighted by molar-refractivity contribution is 6.03. The van der Waals surface area contributed by atoms with E-state index < -0.39 is 0 Å². The van der Waals surface area contributed by atoms with Crippen molar-refractivity contribution in [2.45, 2.75) is 227 Å². The van der Waals surface area contributed by atoms with Gasteiger partial charge in [-0.15, -0.1) is 0 Å². The van der Waals surface area contributed by atoms with Crippen LogP contribution in [-0.2, 0) is 19.3 Å². The van der Waals surface area contributed by atoms with Gasteiger partial charge in [0, 0.05) is 0 Å². The topological polar surface area (TPSA) is 0 Å². The Bertz CT molecular complexity index is 2460. The molecule has 0 nitrogen and oxygen atoms in total. The monoisotopic (exact) mass is 1100 g/mol. The van der Waals surface area contributed by atoms with Gasteiger partial charge in [0.25, 0.3) is 0 Å². The van der Waals surface area contributed by atoms with Crippen molar-refractivity contribution in [3.8, 4) is 33.4 Å². The fraction of sp³-hybridized carbons (Fsp3) is 0.407. The zero-order chi connectivity index (χ0) is 63.7. The maximum absolute atomic E-state index is 2.25. The lowest BCUT2D eigenvalue weighted by molar-refractivity contribution is 1.20. The minimum atomic E-state index is 1.06. The molecule has 12 rings (SSSR count). The van der Waals surface area contributed by atoms with Gasteiger partial charge in [-0.3, -0.25) is 0 Å². The van der Waals surface area contributed by atoms with Gasteiger partial charge in [0.2, 0.25) is 0 Å². The molecule has 0 N–H and O–H groups in total. The Morgan fingerprint density at radius 2 is 0.296 bits per heavy atom. The fourth-order valence-corrected chi connectivity index (χ4v) is 8.80. The molecule has 3 aliphatic carbocycles. The number of rotatable bonds is 0. The molecule has 81 heavy (non-hydrogen) atoms. The molecule has 0 aromatic heterocycles. The van der Waals surface area contributed by atoms with Gasteiger partial charge in [0.15, 0.2) is 0 Å². The van der Waals surface area contributed by atoms with Crippen LogP contribution in [0.15, 0.2) is 182 Å². The molecule has 0 saturated heterocycles. The lowest BCUT2D eigenvalue weighted by Crippen LogP contribution is -2.00. The van der Waals surface area contributed by atoms with E-state index in [1.54, 1.807) is 0 Å². The Morgan fingerprint density at radius 1 is 0.148 bits per heavy atom. The molecule has 0 heterocycles. The van der Waals surface area contributed by atoms with Crippen molar-refractivity contribution >= 4 is 32.3 Å². The highest BCUT2D eigenvalue weighted by Gasteiger charge is 2.19. The summed E-state index contributed by atoms with van der Waals surface area (Å²) in [4.78, 5) is 0. The summed E-state index contributed by atoms with van der Waals surface area (Å²) < 4.78 is 0. The van der Waals surface area contributed by atoms with Gasteiger partial charge in [0.1, 0.15) is 0 Å². The predicted molar refractivity (Wildman–Crippen MR) is 387 cm³/mol. The van der Waals surface area contributed by atoms with Crippen LogP contribution >= 0.6 is 0 Å². The van der Waals surface area contributed by atoms with Gasteiger partial charge in [-0.05, 0) is 118 Å². The summed E-state index contributed by atoms with van der Waals surface area (Å²) >= 11 is 0. The second kappa shape index (κ2) is 59.9. The van der Waals surface area contributed by atoms with Crippen LogP contribution in [0.2, 0.25) is 0 Å². The summed E-state index contributed by atoms with van der Waals surface area (Å²) in [5.74, 6) is 0. The highest BCUT2D eigenvalue weighted by atomic mass is 14.2. The average Bonchev–Trinajstić information content (AvgIpc) is 3.64. The van der Waals surface area contributed by atoms with Crippen LogP contribution in [-0.4, -0.2) is 0 Å². The van der Waals surface area contributed by atoms with Gasteiger partial charge < -0.3 is 0 Å². The van der Waals surface area contributed by atoms with E-state index in [0.717, 1.165) is 19.3 Å². The summed E-state index contributed by atoms with van der Waals surface area (Å²) in [7, 11) is 0. The Kier molecular flexibility index (Phi) is 63.6. The van der Waals surface area contributed by atoms with E-state index in [1.807, 2.05) is 208 Å². The first kappa shape index (κ1) is 86.0. The number of benzene rings is 9. The largest absolute Gasteiger partial charge is 0.0683 e. The fourth-order valence-electron chi connectivity index (χ4n) is 8.80. The van der Waals surface area contributed by atoms with E-state index in [2.05, 4.69) is 182 Å². The minimum Gasteiger partial charge on any atom is -0.0683 e.